The normalized spacial score (nSPS) is 11.0. The molecule has 0 atom stereocenters. The predicted molar refractivity (Wildman–Crippen MR) is 95.2 cm³/mol. The largest absolute Gasteiger partial charge is 0.383 e. The molecule has 0 fully saturated rings. The van der Waals surface area contributed by atoms with Gasteiger partial charge in [-0.25, -0.2) is 4.98 Å². The first-order valence-corrected chi connectivity index (χ1v) is 7.63. The molecule has 0 unspecified atom stereocenters. The minimum atomic E-state index is 0.677. The van der Waals surface area contributed by atoms with Crippen LogP contribution in [0.1, 0.15) is 5.56 Å². The van der Waals surface area contributed by atoms with Crippen molar-refractivity contribution in [1.29, 1.82) is 0 Å². The summed E-state index contributed by atoms with van der Waals surface area (Å²) in [5, 5.41) is 0. The van der Waals surface area contributed by atoms with Crippen LogP contribution in [0, 0.1) is 6.92 Å². The zero-order chi connectivity index (χ0) is 15.8. The van der Waals surface area contributed by atoms with E-state index in [-0.39, 0.29) is 0 Å². The molecule has 4 rings (SSSR count). The van der Waals surface area contributed by atoms with Crippen LogP contribution in [0.2, 0.25) is 0 Å². The van der Waals surface area contributed by atoms with Crippen LogP contribution in [0.15, 0.2) is 72.9 Å². The van der Waals surface area contributed by atoms with Crippen molar-refractivity contribution in [1.82, 2.24) is 9.38 Å². The number of benzene rings is 2. The number of nitrogens with two attached hydrogens (primary N) is 1. The lowest BCUT2D eigenvalue weighted by molar-refractivity contribution is 1.17. The molecular weight excluding hydrogens is 282 g/mol. The van der Waals surface area contributed by atoms with Crippen molar-refractivity contribution < 1.29 is 0 Å². The fraction of sp³-hybridized carbons (Fsp3) is 0.0500. The molecule has 2 aromatic heterocycles. The van der Waals surface area contributed by atoms with Crippen molar-refractivity contribution in [3.05, 3.63) is 78.5 Å². The van der Waals surface area contributed by atoms with Crippen molar-refractivity contribution >= 4 is 11.5 Å². The average Bonchev–Trinajstić information content (AvgIpc) is 2.94. The van der Waals surface area contributed by atoms with Gasteiger partial charge in [-0.1, -0.05) is 60.7 Å². The topological polar surface area (TPSA) is 43.3 Å². The maximum absolute atomic E-state index is 6.29. The van der Waals surface area contributed by atoms with Crippen LogP contribution in [0.4, 0.5) is 5.82 Å². The third-order valence-corrected chi connectivity index (χ3v) is 4.15. The molecule has 112 valence electrons. The summed E-state index contributed by atoms with van der Waals surface area (Å²) in [7, 11) is 0. The number of anilines is 1. The first-order chi connectivity index (χ1) is 11.2. The smallest absolute Gasteiger partial charge is 0.142 e. The molecule has 0 aliphatic carbocycles. The summed E-state index contributed by atoms with van der Waals surface area (Å²) in [5.74, 6) is 0.677. The summed E-state index contributed by atoms with van der Waals surface area (Å²) in [5.41, 5.74) is 12.6. The average molecular weight is 299 g/mol. The van der Waals surface area contributed by atoms with Gasteiger partial charge in [-0.15, -0.1) is 0 Å². The number of imidazole rings is 1. The Morgan fingerprint density at radius 1 is 0.783 bits per heavy atom. The number of aryl methyl sites for hydroxylation is 1. The highest BCUT2D eigenvalue weighted by atomic mass is 15.1. The maximum Gasteiger partial charge on any atom is 0.142 e. The van der Waals surface area contributed by atoms with Crippen molar-refractivity contribution in [3.63, 3.8) is 0 Å². The Morgan fingerprint density at radius 2 is 1.43 bits per heavy atom. The van der Waals surface area contributed by atoms with Gasteiger partial charge >= 0.3 is 0 Å². The number of pyridine rings is 1. The standard InChI is InChI=1S/C20H17N3/c1-14-6-5-13-23-19(21)18(22-20(14)23)17-11-9-16(10-12-17)15-7-3-2-4-8-15/h2-13H,21H2,1H3. The summed E-state index contributed by atoms with van der Waals surface area (Å²) < 4.78 is 1.94. The molecule has 2 heterocycles. The van der Waals surface area contributed by atoms with E-state index in [1.54, 1.807) is 0 Å². The van der Waals surface area contributed by atoms with Crippen molar-refractivity contribution in [2.45, 2.75) is 6.92 Å². The van der Waals surface area contributed by atoms with Crippen LogP contribution in [0.5, 0.6) is 0 Å². The van der Waals surface area contributed by atoms with Gasteiger partial charge in [-0.2, -0.15) is 0 Å². The Hall–Kier alpha value is -3.07. The second kappa shape index (κ2) is 5.29. The van der Waals surface area contributed by atoms with Gasteiger partial charge in [-0.05, 0) is 29.7 Å². The zero-order valence-electron chi connectivity index (χ0n) is 12.9. The minimum absolute atomic E-state index is 0.677. The summed E-state index contributed by atoms with van der Waals surface area (Å²) in [4.78, 5) is 4.72. The van der Waals surface area contributed by atoms with Gasteiger partial charge in [-0.3, -0.25) is 4.40 Å². The van der Waals surface area contributed by atoms with Gasteiger partial charge < -0.3 is 5.73 Å². The molecule has 3 nitrogen and oxygen atoms in total. The van der Waals surface area contributed by atoms with E-state index in [1.165, 1.54) is 11.1 Å². The molecule has 0 saturated carbocycles. The monoisotopic (exact) mass is 299 g/mol. The van der Waals surface area contributed by atoms with Crippen LogP contribution >= 0.6 is 0 Å². The Bertz CT molecular complexity index is 967. The van der Waals surface area contributed by atoms with E-state index >= 15 is 0 Å². The second-order valence-electron chi connectivity index (χ2n) is 5.67. The van der Waals surface area contributed by atoms with E-state index in [1.807, 2.05) is 47.9 Å². The fourth-order valence-corrected chi connectivity index (χ4v) is 2.89. The highest BCUT2D eigenvalue weighted by Gasteiger charge is 2.12. The SMILES string of the molecule is Cc1cccn2c(N)c(-c3ccc(-c4ccccc4)cc3)nc12. The predicted octanol–water partition coefficient (Wildman–Crippen LogP) is 4.56. The number of rotatable bonds is 2. The number of hydrogen-bond donors (Lipinski definition) is 1. The lowest BCUT2D eigenvalue weighted by Gasteiger charge is -2.03. The summed E-state index contributed by atoms with van der Waals surface area (Å²) in [6.45, 7) is 2.05. The van der Waals surface area contributed by atoms with Gasteiger partial charge in [0.1, 0.15) is 17.2 Å². The molecule has 0 bridgehead atoms. The number of nitrogen functional groups attached to an aromatic ring is 1. The molecule has 0 aliphatic heterocycles. The molecule has 2 N–H and O–H groups in total. The summed E-state index contributed by atoms with van der Waals surface area (Å²) >= 11 is 0. The van der Waals surface area contributed by atoms with Crippen LogP contribution < -0.4 is 5.73 Å². The van der Waals surface area contributed by atoms with E-state index in [0.29, 0.717) is 5.82 Å². The van der Waals surface area contributed by atoms with Crippen molar-refractivity contribution in [2.24, 2.45) is 0 Å². The van der Waals surface area contributed by atoms with Crippen molar-refractivity contribution in [3.8, 4) is 22.4 Å². The number of fused-ring (bicyclic) bond motifs is 1. The summed E-state index contributed by atoms with van der Waals surface area (Å²) in [6, 6.07) is 22.8. The lowest BCUT2D eigenvalue weighted by atomic mass is 10.0. The van der Waals surface area contributed by atoms with E-state index in [9.17, 15) is 0 Å². The molecule has 0 amide bonds. The fourth-order valence-electron chi connectivity index (χ4n) is 2.89. The molecule has 0 aliphatic rings. The molecule has 3 heteroatoms. The molecule has 0 spiro atoms. The third-order valence-electron chi connectivity index (χ3n) is 4.15. The highest BCUT2D eigenvalue weighted by molar-refractivity contribution is 5.77. The Balaban J connectivity index is 1.80. The van der Waals surface area contributed by atoms with E-state index in [0.717, 1.165) is 22.5 Å². The van der Waals surface area contributed by atoms with Gasteiger partial charge in [0.15, 0.2) is 0 Å². The summed E-state index contributed by atoms with van der Waals surface area (Å²) in [6.07, 6.45) is 1.95. The Labute approximate surface area is 135 Å². The lowest BCUT2D eigenvalue weighted by Crippen LogP contribution is -1.94. The Morgan fingerprint density at radius 3 is 2.13 bits per heavy atom. The quantitative estimate of drug-likeness (QED) is 0.589. The molecule has 2 aromatic carbocycles. The maximum atomic E-state index is 6.29. The molecule has 23 heavy (non-hydrogen) atoms. The van der Waals surface area contributed by atoms with Gasteiger partial charge in [0.05, 0.1) is 0 Å². The molecule has 0 radical (unpaired) electrons. The van der Waals surface area contributed by atoms with Crippen LogP contribution in [0.3, 0.4) is 0 Å². The van der Waals surface area contributed by atoms with Gasteiger partial charge in [0, 0.05) is 11.8 Å². The van der Waals surface area contributed by atoms with Gasteiger partial charge in [0.2, 0.25) is 0 Å². The van der Waals surface area contributed by atoms with Crippen LogP contribution in [-0.4, -0.2) is 9.38 Å². The number of nitrogens with zero attached hydrogens (tertiary/aromatic N) is 2. The minimum Gasteiger partial charge on any atom is -0.383 e. The second-order valence-corrected chi connectivity index (χ2v) is 5.67. The highest BCUT2D eigenvalue weighted by Crippen LogP contribution is 2.29. The molecular formula is C20H17N3. The van der Waals surface area contributed by atoms with Gasteiger partial charge in [0.25, 0.3) is 0 Å². The van der Waals surface area contributed by atoms with Crippen molar-refractivity contribution in [2.75, 3.05) is 5.73 Å². The molecule has 4 aromatic rings. The van der Waals surface area contributed by atoms with E-state index in [4.69, 9.17) is 10.7 Å². The van der Waals surface area contributed by atoms with E-state index in [2.05, 4.69) is 36.4 Å². The number of aromatic nitrogens is 2. The van der Waals surface area contributed by atoms with Crippen LogP contribution in [-0.2, 0) is 0 Å². The Kier molecular flexibility index (Phi) is 3.12. The third kappa shape index (κ3) is 2.27. The zero-order valence-corrected chi connectivity index (χ0v) is 12.9. The van der Waals surface area contributed by atoms with Crippen LogP contribution in [0.25, 0.3) is 28.0 Å². The number of hydrogen-bond acceptors (Lipinski definition) is 2. The van der Waals surface area contributed by atoms with E-state index < -0.39 is 0 Å². The first-order valence-electron chi connectivity index (χ1n) is 7.63. The molecule has 0 saturated heterocycles. The first kappa shape index (κ1) is 13.6.